The van der Waals surface area contributed by atoms with Crippen LogP contribution in [0.4, 0.5) is 4.79 Å². The van der Waals surface area contributed by atoms with Crippen molar-refractivity contribution in [1.82, 2.24) is 9.96 Å². The number of hydroxylamine groups is 2. The van der Waals surface area contributed by atoms with Crippen LogP contribution in [0.3, 0.4) is 0 Å². The summed E-state index contributed by atoms with van der Waals surface area (Å²) in [5, 5.41) is 11.0. The second-order valence-electron chi connectivity index (χ2n) is 6.34. The topological polar surface area (TPSA) is 43.8 Å². The van der Waals surface area contributed by atoms with Gasteiger partial charge in [-0.05, 0) is 36.5 Å². The molecule has 1 N–H and O–H groups in total. The van der Waals surface area contributed by atoms with Gasteiger partial charge < -0.3 is 4.90 Å². The average molecular weight is 362 g/mol. The monoisotopic (exact) mass is 362 g/mol. The predicted molar refractivity (Wildman–Crippen MR) is 74.4 cm³/mol. The molecule has 2 saturated carbocycles. The van der Waals surface area contributed by atoms with Crippen LogP contribution >= 0.6 is 22.6 Å². The molecule has 0 aromatic carbocycles. The van der Waals surface area contributed by atoms with Gasteiger partial charge in [0, 0.05) is 6.54 Å². The van der Waals surface area contributed by atoms with Crippen molar-refractivity contribution in [3.05, 3.63) is 0 Å². The zero-order valence-electron chi connectivity index (χ0n) is 10.3. The van der Waals surface area contributed by atoms with Gasteiger partial charge >= 0.3 is 6.03 Å². The van der Waals surface area contributed by atoms with Crippen LogP contribution in [-0.2, 0) is 0 Å². The van der Waals surface area contributed by atoms with Gasteiger partial charge in [-0.1, -0.05) is 41.9 Å². The Labute approximate surface area is 121 Å². The Balaban J connectivity index is 1.67. The standard InChI is InChI=1S/C13H19IN2O2/c14-12-11-8-5-3-1-2-4-7(8)10(11)9-6-15(12)13(17)16(9)18/h7-12,18H,1-6H2/t7?,8?,9?,10-,11?,12?/m1/s1. The maximum Gasteiger partial charge on any atom is 0.345 e. The Bertz CT molecular complexity index is 391. The Kier molecular flexibility index (Phi) is 2.60. The van der Waals surface area contributed by atoms with Gasteiger partial charge in [0.2, 0.25) is 0 Å². The minimum absolute atomic E-state index is 0.0767. The van der Waals surface area contributed by atoms with E-state index in [1.165, 1.54) is 32.1 Å². The fraction of sp³-hybridized carbons (Fsp3) is 0.923. The summed E-state index contributed by atoms with van der Waals surface area (Å²) in [5.41, 5.74) is 0. The maximum atomic E-state index is 12.0. The van der Waals surface area contributed by atoms with Crippen molar-refractivity contribution in [2.24, 2.45) is 23.7 Å². The first-order chi connectivity index (χ1) is 8.70. The van der Waals surface area contributed by atoms with Crippen LogP contribution in [0.1, 0.15) is 32.1 Å². The number of alkyl halides is 1. The number of hydrogen-bond donors (Lipinski definition) is 1. The lowest BCUT2D eigenvalue weighted by Gasteiger charge is -2.58. The maximum absolute atomic E-state index is 12.0. The molecule has 2 bridgehead atoms. The van der Waals surface area contributed by atoms with E-state index in [4.69, 9.17) is 0 Å². The van der Waals surface area contributed by atoms with E-state index in [1.54, 1.807) is 0 Å². The second kappa shape index (κ2) is 3.98. The summed E-state index contributed by atoms with van der Waals surface area (Å²) in [5.74, 6) is 2.77. The number of hydrogen-bond acceptors (Lipinski definition) is 2. The number of nitrogens with zero attached hydrogens (tertiary/aromatic N) is 2. The highest BCUT2D eigenvalue weighted by Crippen LogP contribution is 2.61. The first-order valence-corrected chi connectivity index (χ1v) is 8.37. The minimum Gasteiger partial charge on any atom is -0.309 e. The number of carbonyl (C=O) groups is 1. The lowest BCUT2D eigenvalue weighted by Crippen LogP contribution is -2.62. The lowest BCUT2D eigenvalue weighted by atomic mass is 9.51. The molecule has 18 heavy (non-hydrogen) atoms. The van der Waals surface area contributed by atoms with Crippen LogP contribution in [0, 0.1) is 23.7 Å². The summed E-state index contributed by atoms with van der Waals surface area (Å²) >= 11 is 2.43. The third kappa shape index (κ3) is 1.32. The third-order valence-corrected chi connectivity index (χ3v) is 7.26. The summed E-state index contributed by atoms with van der Waals surface area (Å²) in [6, 6.07) is -0.0868. The van der Waals surface area contributed by atoms with E-state index in [-0.39, 0.29) is 12.1 Å². The van der Waals surface area contributed by atoms with Gasteiger partial charge in [-0.25, -0.2) is 9.86 Å². The Hall–Kier alpha value is -0.0400. The smallest absolute Gasteiger partial charge is 0.309 e. The van der Waals surface area contributed by atoms with Crippen molar-refractivity contribution in [3.63, 3.8) is 0 Å². The van der Waals surface area contributed by atoms with Crippen LogP contribution in [0.2, 0.25) is 0 Å². The van der Waals surface area contributed by atoms with E-state index in [1.807, 2.05) is 4.90 Å². The molecule has 2 saturated heterocycles. The average Bonchev–Trinajstić information content (AvgIpc) is 2.52. The van der Waals surface area contributed by atoms with E-state index in [0.717, 1.165) is 23.4 Å². The van der Waals surface area contributed by atoms with Gasteiger partial charge in [-0.3, -0.25) is 5.21 Å². The zero-order valence-corrected chi connectivity index (χ0v) is 12.5. The normalized spacial score (nSPS) is 50.4. The van der Waals surface area contributed by atoms with Crippen molar-refractivity contribution >= 4 is 28.6 Å². The highest BCUT2D eigenvalue weighted by atomic mass is 127. The molecule has 2 aliphatic heterocycles. The molecule has 2 aliphatic carbocycles. The molecule has 2 amide bonds. The fourth-order valence-corrected chi connectivity index (χ4v) is 6.48. The van der Waals surface area contributed by atoms with Gasteiger partial charge in [0.15, 0.2) is 0 Å². The first-order valence-electron chi connectivity index (χ1n) is 7.13. The van der Waals surface area contributed by atoms with Crippen molar-refractivity contribution < 1.29 is 10.0 Å². The van der Waals surface area contributed by atoms with Gasteiger partial charge in [-0.15, -0.1) is 0 Å². The van der Waals surface area contributed by atoms with Crippen molar-refractivity contribution in [2.45, 2.75) is 42.2 Å². The van der Waals surface area contributed by atoms with Crippen LogP contribution in [0.25, 0.3) is 0 Å². The summed E-state index contributed by atoms with van der Waals surface area (Å²) < 4.78 is 0.299. The Morgan fingerprint density at radius 2 is 1.78 bits per heavy atom. The molecule has 0 spiro atoms. The summed E-state index contributed by atoms with van der Waals surface area (Å²) in [4.78, 5) is 13.9. The van der Waals surface area contributed by atoms with E-state index in [9.17, 15) is 10.0 Å². The molecule has 5 heteroatoms. The third-order valence-electron chi connectivity index (χ3n) is 5.76. The largest absolute Gasteiger partial charge is 0.345 e. The van der Waals surface area contributed by atoms with Crippen molar-refractivity contribution in [2.75, 3.05) is 6.54 Å². The molecule has 100 valence electrons. The highest BCUT2D eigenvalue weighted by molar-refractivity contribution is 14.1. The lowest BCUT2D eigenvalue weighted by molar-refractivity contribution is -0.145. The van der Waals surface area contributed by atoms with Crippen molar-refractivity contribution in [3.8, 4) is 0 Å². The Morgan fingerprint density at radius 3 is 2.50 bits per heavy atom. The number of amides is 2. The number of rotatable bonds is 0. The quantitative estimate of drug-likeness (QED) is 0.312. The van der Waals surface area contributed by atoms with E-state index in [2.05, 4.69) is 22.6 Å². The zero-order chi connectivity index (χ0) is 12.4. The SMILES string of the molecule is O=C1N(O)C2CN1C(I)C1C3CCCCCC3[C@@H]12. The van der Waals surface area contributed by atoms with Crippen LogP contribution in [0.5, 0.6) is 0 Å². The predicted octanol–water partition coefficient (Wildman–Crippen LogP) is 2.70. The fourth-order valence-electron chi connectivity index (χ4n) is 5.00. The molecule has 0 aromatic rings. The van der Waals surface area contributed by atoms with Crippen LogP contribution in [-0.4, -0.2) is 37.8 Å². The number of fused-ring (bicyclic) bond motifs is 7. The number of urea groups is 1. The Morgan fingerprint density at radius 1 is 1.11 bits per heavy atom. The number of piperidine rings is 1. The van der Waals surface area contributed by atoms with E-state index in [0.29, 0.717) is 15.9 Å². The number of carbonyl (C=O) groups excluding carboxylic acids is 1. The van der Waals surface area contributed by atoms with Crippen LogP contribution in [0.15, 0.2) is 0 Å². The molecule has 5 unspecified atom stereocenters. The summed E-state index contributed by atoms with van der Waals surface area (Å²) in [6.07, 6.45) is 6.72. The first kappa shape index (κ1) is 11.8. The van der Waals surface area contributed by atoms with Gasteiger partial charge in [0.05, 0.1) is 10.1 Å². The molecule has 0 radical (unpaired) electrons. The molecule has 2 heterocycles. The molecule has 0 aromatic heterocycles. The van der Waals surface area contributed by atoms with Crippen LogP contribution < -0.4 is 0 Å². The molecule has 6 atom stereocenters. The molecule has 4 nitrogen and oxygen atoms in total. The van der Waals surface area contributed by atoms with Gasteiger partial charge in [-0.2, -0.15) is 0 Å². The highest BCUT2D eigenvalue weighted by Gasteiger charge is 2.64. The molecular weight excluding hydrogens is 343 g/mol. The molecular formula is C13H19IN2O2. The summed E-state index contributed by atoms with van der Waals surface area (Å²) in [6.45, 7) is 0.743. The van der Waals surface area contributed by atoms with Gasteiger partial charge in [0.25, 0.3) is 0 Å². The minimum atomic E-state index is -0.164. The van der Waals surface area contributed by atoms with Crippen molar-refractivity contribution in [1.29, 1.82) is 0 Å². The van der Waals surface area contributed by atoms with E-state index < -0.39 is 0 Å². The second-order valence-corrected chi connectivity index (χ2v) is 7.62. The van der Waals surface area contributed by atoms with Gasteiger partial charge in [0.1, 0.15) is 0 Å². The van der Waals surface area contributed by atoms with E-state index >= 15 is 0 Å². The summed E-state index contributed by atoms with van der Waals surface area (Å²) in [7, 11) is 0. The number of halogens is 1. The molecule has 4 fully saturated rings. The molecule has 4 rings (SSSR count). The molecule has 4 aliphatic rings.